The summed E-state index contributed by atoms with van der Waals surface area (Å²) >= 11 is 0. The Hall–Kier alpha value is -2.07. The molecule has 0 saturated carbocycles. The summed E-state index contributed by atoms with van der Waals surface area (Å²) in [5.74, 6) is 0.624. The lowest BCUT2D eigenvalue weighted by molar-refractivity contribution is -0.123. The van der Waals surface area contributed by atoms with Crippen molar-refractivity contribution in [2.75, 3.05) is 19.8 Å². The number of ether oxygens (including phenoxy) is 2. The number of nitrogens with one attached hydrogen (secondary N) is 1. The molecule has 0 aliphatic carbocycles. The van der Waals surface area contributed by atoms with E-state index >= 15 is 0 Å². The van der Waals surface area contributed by atoms with Crippen LogP contribution in [-0.4, -0.2) is 31.8 Å². The van der Waals surface area contributed by atoms with Gasteiger partial charge in [0.25, 0.3) is 5.91 Å². The van der Waals surface area contributed by atoms with Gasteiger partial charge < -0.3 is 14.8 Å². The highest BCUT2D eigenvalue weighted by molar-refractivity contribution is 5.88. The number of carbonyl (C=O) groups is 1. The van der Waals surface area contributed by atoms with Gasteiger partial charge in [0.1, 0.15) is 5.75 Å². The summed E-state index contributed by atoms with van der Waals surface area (Å²) in [6.45, 7) is 1.39. The molecule has 2 aromatic rings. The number of carbonyl (C=O) groups excluding carboxylic acids is 1. The van der Waals surface area contributed by atoms with Crippen molar-refractivity contribution in [3.8, 4) is 5.75 Å². The van der Waals surface area contributed by atoms with Gasteiger partial charge in [-0.3, -0.25) is 4.79 Å². The van der Waals surface area contributed by atoms with Crippen molar-refractivity contribution >= 4 is 16.7 Å². The highest BCUT2D eigenvalue weighted by atomic mass is 16.5. The van der Waals surface area contributed by atoms with Crippen LogP contribution in [0.5, 0.6) is 5.75 Å². The fourth-order valence-corrected chi connectivity index (χ4v) is 2.55. The minimum absolute atomic E-state index is 0.0285. The number of hydrogen-bond donors (Lipinski definition) is 1. The minimum atomic E-state index is -0.113. The lowest BCUT2D eigenvalue weighted by Gasteiger charge is -2.12. The lowest BCUT2D eigenvalue weighted by Crippen LogP contribution is -2.35. The van der Waals surface area contributed by atoms with Gasteiger partial charge in [0.15, 0.2) is 6.61 Å². The van der Waals surface area contributed by atoms with E-state index in [1.807, 2.05) is 42.5 Å². The zero-order chi connectivity index (χ0) is 14.5. The summed E-state index contributed by atoms with van der Waals surface area (Å²) in [6, 6.07) is 13.8. The molecule has 2 aromatic carbocycles. The molecule has 1 aliphatic rings. The summed E-state index contributed by atoms with van der Waals surface area (Å²) in [5.41, 5.74) is 0. The van der Waals surface area contributed by atoms with E-state index in [0.29, 0.717) is 6.54 Å². The fraction of sp³-hybridized carbons (Fsp3) is 0.353. The van der Waals surface area contributed by atoms with E-state index < -0.39 is 0 Å². The van der Waals surface area contributed by atoms with Crippen molar-refractivity contribution in [1.82, 2.24) is 5.32 Å². The van der Waals surface area contributed by atoms with Crippen LogP contribution in [0.25, 0.3) is 10.8 Å². The molecule has 0 radical (unpaired) electrons. The van der Waals surface area contributed by atoms with Gasteiger partial charge in [0, 0.05) is 18.5 Å². The Morgan fingerprint density at radius 3 is 2.95 bits per heavy atom. The van der Waals surface area contributed by atoms with Gasteiger partial charge in [-0.2, -0.15) is 0 Å². The quantitative estimate of drug-likeness (QED) is 0.918. The summed E-state index contributed by atoms with van der Waals surface area (Å²) in [4.78, 5) is 11.8. The largest absolute Gasteiger partial charge is 0.483 e. The van der Waals surface area contributed by atoms with Gasteiger partial charge in [-0.05, 0) is 24.3 Å². The van der Waals surface area contributed by atoms with Crippen LogP contribution in [-0.2, 0) is 9.53 Å². The average molecular weight is 285 g/mol. The SMILES string of the molecule is O=C(COc1cccc2ccccc12)NCC1CCCO1. The second kappa shape index (κ2) is 6.59. The normalized spacial score (nSPS) is 17.8. The molecule has 0 aromatic heterocycles. The molecule has 3 rings (SSSR count). The molecule has 4 nitrogen and oxygen atoms in total. The maximum atomic E-state index is 11.8. The molecule has 1 unspecified atom stereocenters. The van der Waals surface area contributed by atoms with E-state index in [1.165, 1.54) is 0 Å². The van der Waals surface area contributed by atoms with Gasteiger partial charge in [0.2, 0.25) is 0 Å². The van der Waals surface area contributed by atoms with Crippen LogP contribution in [0.1, 0.15) is 12.8 Å². The molecule has 1 fully saturated rings. The summed E-state index contributed by atoms with van der Waals surface area (Å²) in [6.07, 6.45) is 2.25. The summed E-state index contributed by atoms with van der Waals surface area (Å²) in [7, 11) is 0. The zero-order valence-corrected chi connectivity index (χ0v) is 11.9. The van der Waals surface area contributed by atoms with Crippen LogP contribution < -0.4 is 10.1 Å². The Morgan fingerprint density at radius 2 is 2.10 bits per heavy atom. The van der Waals surface area contributed by atoms with Crippen LogP contribution in [0.15, 0.2) is 42.5 Å². The third-order valence-electron chi connectivity index (χ3n) is 3.66. The monoisotopic (exact) mass is 285 g/mol. The molecule has 1 heterocycles. The van der Waals surface area contributed by atoms with E-state index in [-0.39, 0.29) is 18.6 Å². The standard InChI is InChI=1S/C17H19NO3/c19-17(18-11-14-7-4-10-20-14)12-21-16-9-3-6-13-5-1-2-8-15(13)16/h1-3,5-6,8-9,14H,4,7,10-12H2,(H,18,19). The van der Waals surface area contributed by atoms with Gasteiger partial charge in [-0.1, -0.05) is 36.4 Å². The molecule has 0 spiro atoms. The number of amides is 1. The predicted molar refractivity (Wildman–Crippen MR) is 81.4 cm³/mol. The molecule has 1 aliphatic heterocycles. The highest BCUT2D eigenvalue weighted by Crippen LogP contribution is 2.24. The van der Waals surface area contributed by atoms with Crippen LogP contribution >= 0.6 is 0 Å². The number of hydrogen-bond acceptors (Lipinski definition) is 3. The molecule has 110 valence electrons. The number of rotatable bonds is 5. The summed E-state index contributed by atoms with van der Waals surface area (Å²) < 4.78 is 11.1. The lowest BCUT2D eigenvalue weighted by atomic mass is 10.1. The van der Waals surface area contributed by atoms with Crippen LogP contribution in [0.2, 0.25) is 0 Å². The Bertz CT molecular complexity index is 615. The van der Waals surface area contributed by atoms with Gasteiger partial charge in [0.05, 0.1) is 6.10 Å². The van der Waals surface area contributed by atoms with Crippen molar-refractivity contribution in [2.45, 2.75) is 18.9 Å². The molecule has 1 amide bonds. The van der Waals surface area contributed by atoms with E-state index in [4.69, 9.17) is 9.47 Å². The van der Waals surface area contributed by atoms with Crippen LogP contribution in [0.3, 0.4) is 0 Å². The van der Waals surface area contributed by atoms with Gasteiger partial charge in [-0.25, -0.2) is 0 Å². The van der Waals surface area contributed by atoms with Gasteiger partial charge >= 0.3 is 0 Å². The van der Waals surface area contributed by atoms with Crippen molar-refractivity contribution in [2.24, 2.45) is 0 Å². The molecule has 1 N–H and O–H groups in total. The second-order valence-corrected chi connectivity index (χ2v) is 5.21. The first-order valence-corrected chi connectivity index (χ1v) is 7.32. The topological polar surface area (TPSA) is 47.6 Å². The first-order chi connectivity index (χ1) is 10.3. The predicted octanol–water partition coefficient (Wildman–Crippen LogP) is 2.51. The van der Waals surface area contributed by atoms with E-state index in [9.17, 15) is 4.79 Å². The molecular weight excluding hydrogens is 266 g/mol. The van der Waals surface area contributed by atoms with Crippen molar-refractivity contribution < 1.29 is 14.3 Å². The highest BCUT2D eigenvalue weighted by Gasteiger charge is 2.16. The third-order valence-corrected chi connectivity index (χ3v) is 3.66. The number of benzene rings is 2. The first-order valence-electron chi connectivity index (χ1n) is 7.32. The third kappa shape index (κ3) is 3.52. The van der Waals surface area contributed by atoms with Crippen molar-refractivity contribution in [1.29, 1.82) is 0 Å². The maximum absolute atomic E-state index is 11.8. The van der Waals surface area contributed by atoms with E-state index in [2.05, 4.69) is 5.32 Å². The molecule has 1 saturated heterocycles. The van der Waals surface area contributed by atoms with E-state index in [0.717, 1.165) is 36.0 Å². The van der Waals surface area contributed by atoms with E-state index in [1.54, 1.807) is 0 Å². The maximum Gasteiger partial charge on any atom is 0.258 e. The molecule has 4 heteroatoms. The zero-order valence-electron chi connectivity index (χ0n) is 11.9. The summed E-state index contributed by atoms with van der Waals surface area (Å²) in [5, 5.41) is 4.98. The average Bonchev–Trinajstić information content (AvgIpc) is 3.04. The van der Waals surface area contributed by atoms with Gasteiger partial charge in [-0.15, -0.1) is 0 Å². The Kier molecular flexibility index (Phi) is 4.36. The Balaban J connectivity index is 1.54. The smallest absolute Gasteiger partial charge is 0.258 e. The van der Waals surface area contributed by atoms with Crippen molar-refractivity contribution in [3.63, 3.8) is 0 Å². The molecule has 1 atom stereocenters. The van der Waals surface area contributed by atoms with Crippen molar-refractivity contribution in [3.05, 3.63) is 42.5 Å². The molecule has 0 bridgehead atoms. The van der Waals surface area contributed by atoms with Crippen LogP contribution in [0, 0.1) is 0 Å². The number of fused-ring (bicyclic) bond motifs is 1. The van der Waals surface area contributed by atoms with Crippen LogP contribution in [0.4, 0.5) is 0 Å². The Labute approximate surface area is 124 Å². The second-order valence-electron chi connectivity index (χ2n) is 5.21. The fourth-order valence-electron chi connectivity index (χ4n) is 2.55. The molecular formula is C17H19NO3. The first kappa shape index (κ1) is 13.9. The minimum Gasteiger partial charge on any atom is -0.483 e. The Morgan fingerprint density at radius 1 is 1.24 bits per heavy atom. The molecule has 21 heavy (non-hydrogen) atoms.